The van der Waals surface area contributed by atoms with Gasteiger partial charge in [-0.05, 0) is 18.2 Å². The Balaban J connectivity index is 2.43. The lowest BCUT2D eigenvalue weighted by molar-refractivity contribution is -0.131. The standard InChI is InChI=1S/C10H6ClNO3/c11-6-1-2-8-7(5-6)12-9(15-8)3-4-10(13)14/h1-5H,(H,13,14). The molecule has 0 bridgehead atoms. The van der Waals surface area contributed by atoms with Crippen LogP contribution in [0.4, 0.5) is 0 Å². The quantitative estimate of drug-likeness (QED) is 0.795. The van der Waals surface area contributed by atoms with E-state index < -0.39 is 5.97 Å². The number of aliphatic carboxylic acids is 1. The van der Waals surface area contributed by atoms with Gasteiger partial charge in [-0.3, -0.25) is 0 Å². The van der Waals surface area contributed by atoms with Gasteiger partial charge in [-0.15, -0.1) is 0 Å². The molecule has 0 radical (unpaired) electrons. The third-order valence-electron chi connectivity index (χ3n) is 1.73. The number of aromatic nitrogens is 1. The molecule has 4 nitrogen and oxygen atoms in total. The number of benzene rings is 1. The molecule has 0 aliphatic heterocycles. The molecule has 2 aromatic rings. The third kappa shape index (κ3) is 2.16. The first kappa shape index (κ1) is 9.73. The van der Waals surface area contributed by atoms with Crippen LogP contribution in [0.1, 0.15) is 5.89 Å². The van der Waals surface area contributed by atoms with Crippen molar-refractivity contribution in [2.24, 2.45) is 0 Å². The Hall–Kier alpha value is -1.81. The summed E-state index contributed by atoms with van der Waals surface area (Å²) in [5, 5.41) is 8.98. The molecule has 0 aliphatic carbocycles. The van der Waals surface area contributed by atoms with E-state index in [4.69, 9.17) is 21.1 Å². The topological polar surface area (TPSA) is 63.3 Å². The van der Waals surface area contributed by atoms with E-state index in [1.807, 2.05) is 0 Å². The fourth-order valence-corrected chi connectivity index (χ4v) is 1.30. The molecule has 0 spiro atoms. The van der Waals surface area contributed by atoms with Gasteiger partial charge in [0.15, 0.2) is 5.58 Å². The summed E-state index contributed by atoms with van der Waals surface area (Å²) >= 11 is 5.76. The number of nitrogens with zero attached hydrogens (tertiary/aromatic N) is 1. The van der Waals surface area contributed by atoms with Crippen molar-refractivity contribution in [3.8, 4) is 0 Å². The Labute approximate surface area is 89.8 Å². The SMILES string of the molecule is O=C(O)C=Cc1nc2cc(Cl)ccc2o1. The summed E-state index contributed by atoms with van der Waals surface area (Å²) in [5.74, 6) is -0.801. The van der Waals surface area contributed by atoms with Gasteiger partial charge in [-0.1, -0.05) is 11.6 Å². The molecule has 1 N–H and O–H groups in total. The number of oxazole rings is 1. The van der Waals surface area contributed by atoms with Gasteiger partial charge in [0.05, 0.1) is 0 Å². The van der Waals surface area contributed by atoms with Gasteiger partial charge in [0.2, 0.25) is 5.89 Å². The largest absolute Gasteiger partial charge is 0.478 e. The van der Waals surface area contributed by atoms with Crippen molar-refractivity contribution >= 4 is 34.7 Å². The third-order valence-corrected chi connectivity index (χ3v) is 1.97. The van der Waals surface area contributed by atoms with Crippen LogP contribution in [0, 0.1) is 0 Å². The van der Waals surface area contributed by atoms with Crippen molar-refractivity contribution in [1.82, 2.24) is 4.98 Å². The van der Waals surface area contributed by atoms with Crippen LogP contribution < -0.4 is 0 Å². The second-order valence-corrected chi connectivity index (χ2v) is 3.27. The number of rotatable bonds is 2. The highest BCUT2D eigenvalue weighted by Gasteiger charge is 2.03. The Morgan fingerprint density at radius 2 is 2.33 bits per heavy atom. The smallest absolute Gasteiger partial charge is 0.328 e. The van der Waals surface area contributed by atoms with Crippen LogP contribution in [0.3, 0.4) is 0 Å². The monoisotopic (exact) mass is 223 g/mol. The summed E-state index contributed by atoms with van der Waals surface area (Å²) < 4.78 is 5.25. The second-order valence-electron chi connectivity index (χ2n) is 2.84. The lowest BCUT2D eigenvalue weighted by Crippen LogP contribution is -1.85. The first-order chi connectivity index (χ1) is 7.15. The Morgan fingerprint density at radius 3 is 3.07 bits per heavy atom. The molecular weight excluding hydrogens is 218 g/mol. The summed E-state index contributed by atoms with van der Waals surface area (Å²) in [6.07, 6.45) is 2.25. The van der Waals surface area contributed by atoms with Crippen molar-refractivity contribution < 1.29 is 14.3 Å². The normalized spacial score (nSPS) is 11.3. The zero-order valence-electron chi connectivity index (χ0n) is 7.48. The number of hydrogen-bond donors (Lipinski definition) is 1. The highest BCUT2D eigenvalue weighted by Crippen LogP contribution is 2.20. The minimum atomic E-state index is -1.05. The summed E-state index contributed by atoms with van der Waals surface area (Å²) in [5.41, 5.74) is 1.18. The zero-order chi connectivity index (χ0) is 10.8. The van der Waals surface area contributed by atoms with Gasteiger partial charge in [0.25, 0.3) is 0 Å². The van der Waals surface area contributed by atoms with Crippen LogP contribution in [-0.4, -0.2) is 16.1 Å². The number of carbonyl (C=O) groups is 1. The Morgan fingerprint density at radius 1 is 1.53 bits per heavy atom. The number of carboxylic acids is 1. The predicted octanol–water partition coefficient (Wildman–Crippen LogP) is 2.58. The average Bonchev–Trinajstić information content (AvgIpc) is 2.56. The maximum Gasteiger partial charge on any atom is 0.328 e. The van der Waals surface area contributed by atoms with Crippen LogP contribution in [0.15, 0.2) is 28.7 Å². The first-order valence-electron chi connectivity index (χ1n) is 4.12. The van der Waals surface area contributed by atoms with Crippen LogP contribution in [0.25, 0.3) is 17.2 Å². The van der Waals surface area contributed by atoms with E-state index in [1.165, 1.54) is 6.08 Å². The summed E-state index contributed by atoms with van der Waals surface area (Å²) in [7, 11) is 0. The summed E-state index contributed by atoms with van der Waals surface area (Å²) in [4.78, 5) is 14.3. The first-order valence-corrected chi connectivity index (χ1v) is 4.50. The molecule has 1 heterocycles. The lowest BCUT2D eigenvalue weighted by atomic mass is 10.3. The van der Waals surface area contributed by atoms with Crippen LogP contribution in [-0.2, 0) is 4.79 Å². The molecule has 0 unspecified atom stereocenters. The molecule has 0 saturated heterocycles. The van der Waals surface area contributed by atoms with E-state index in [0.717, 1.165) is 6.08 Å². The van der Waals surface area contributed by atoms with Crippen molar-refractivity contribution in [3.63, 3.8) is 0 Å². The van der Waals surface area contributed by atoms with Crippen molar-refractivity contribution in [2.75, 3.05) is 0 Å². The molecule has 15 heavy (non-hydrogen) atoms. The van der Waals surface area contributed by atoms with Gasteiger partial charge in [0.1, 0.15) is 5.52 Å². The predicted molar refractivity (Wildman–Crippen MR) is 55.7 cm³/mol. The van der Waals surface area contributed by atoms with Crippen molar-refractivity contribution in [1.29, 1.82) is 0 Å². The van der Waals surface area contributed by atoms with Gasteiger partial charge in [0, 0.05) is 17.2 Å². The van der Waals surface area contributed by atoms with Crippen molar-refractivity contribution in [3.05, 3.63) is 35.2 Å². The van der Waals surface area contributed by atoms with Crippen LogP contribution in [0.5, 0.6) is 0 Å². The molecule has 76 valence electrons. The lowest BCUT2D eigenvalue weighted by Gasteiger charge is -1.85. The van der Waals surface area contributed by atoms with Gasteiger partial charge >= 0.3 is 5.97 Å². The minimum Gasteiger partial charge on any atom is -0.478 e. The average molecular weight is 224 g/mol. The fraction of sp³-hybridized carbons (Fsp3) is 0. The molecule has 0 fully saturated rings. The second kappa shape index (κ2) is 3.74. The number of carboxylic acid groups (broad SMARTS) is 1. The van der Waals surface area contributed by atoms with Gasteiger partial charge in [-0.2, -0.15) is 0 Å². The Bertz CT molecular complexity index is 545. The van der Waals surface area contributed by atoms with Gasteiger partial charge < -0.3 is 9.52 Å². The number of hydrogen-bond acceptors (Lipinski definition) is 3. The molecular formula is C10H6ClNO3. The maximum absolute atomic E-state index is 10.3. The van der Waals surface area contributed by atoms with E-state index in [1.54, 1.807) is 18.2 Å². The maximum atomic E-state index is 10.3. The van der Waals surface area contributed by atoms with E-state index >= 15 is 0 Å². The zero-order valence-corrected chi connectivity index (χ0v) is 8.23. The number of halogens is 1. The van der Waals surface area contributed by atoms with Crippen LogP contribution in [0.2, 0.25) is 5.02 Å². The van der Waals surface area contributed by atoms with E-state index in [-0.39, 0.29) is 5.89 Å². The van der Waals surface area contributed by atoms with Crippen LogP contribution >= 0.6 is 11.6 Å². The number of fused-ring (bicyclic) bond motifs is 1. The van der Waals surface area contributed by atoms with E-state index in [0.29, 0.717) is 16.1 Å². The highest BCUT2D eigenvalue weighted by molar-refractivity contribution is 6.31. The summed E-state index contributed by atoms with van der Waals surface area (Å²) in [6.45, 7) is 0. The molecule has 2 rings (SSSR count). The molecule has 0 saturated carbocycles. The molecule has 0 amide bonds. The fourth-order valence-electron chi connectivity index (χ4n) is 1.13. The van der Waals surface area contributed by atoms with Crippen molar-refractivity contribution in [2.45, 2.75) is 0 Å². The molecule has 1 aromatic heterocycles. The van der Waals surface area contributed by atoms with Gasteiger partial charge in [-0.25, -0.2) is 9.78 Å². The highest BCUT2D eigenvalue weighted by atomic mass is 35.5. The Kier molecular flexibility index (Phi) is 2.43. The van der Waals surface area contributed by atoms with E-state index in [2.05, 4.69) is 4.98 Å². The molecule has 5 heteroatoms. The van der Waals surface area contributed by atoms with E-state index in [9.17, 15) is 4.79 Å². The molecule has 1 aromatic carbocycles. The molecule has 0 atom stereocenters. The molecule has 0 aliphatic rings. The minimum absolute atomic E-state index is 0.245. The summed E-state index contributed by atoms with van der Waals surface area (Å²) in [6, 6.07) is 5.01.